The molecular weight excluding hydrogens is 190 g/mol. The first-order chi connectivity index (χ1) is 5.81. The fourth-order valence-electron chi connectivity index (χ4n) is 0.731. The van der Waals surface area contributed by atoms with E-state index < -0.39 is 15.3 Å². The Bertz CT molecular complexity index is 234. The Hall–Kier alpha value is -0.130. The molecule has 0 fully saturated rings. The number of rotatable bonds is 5. The van der Waals surface area contributed by atoms with Crippen molar-refractivity contribution in [3.8, 4) is 0 Å². The molecule has 0 aliphatic heterocycles. The highest BCUT2D eigenvalue weighted by Gasteiger charge is 2.22. The fourth-order valence-corrected chi connectivity index (χ4v) is 1.77. The lowest BCUT2D eigenvalue weighted by Crippen LogP contribution is -2.44. The van der Waals surface area contributed by atoms with Crippen LogP contribution in [0.2, 0.25) is 0 Å². The molecule has 5 heteroatoms. The van der Waals surface area contributed by atoms with Gasteiger partial charge in [0.05, 0.1) is 11.9 Å². The summed E-state index contributed by atoms with van der Waals surface area (Å²) in [6.45, 7) is 6.78. The number of aliphatic hydroxyl groups is 1. The first-order valence-electron chi connectivity index (χ1n) is 4.43. The number of hydrogen-bond donors (Lipinski definition) is 2. The molecule has 0 amide bonds. The minimum absolute atomic E-state index is 0.0959. The van der Waals surface area contributed by atoms with Crippen LogP contribution in [-0.4, -0.2) is 31.4 Å². The maximum absolute atomic E-state index is 11.4. The van der Waals surface area contributed by atoms with Crippen LogP contribution in [0, 0.1) is 5.92 Å². The van der Waals surface area contributed by atoms with Gasteiger partial charge in [0.15, 0.2) is 0 Å². The van der Waals surface area contributed by atoms with Crippen LogP contribution < -0.4 is 4.72 Å². The molecule has 0 saturated heterocycles. The van der Waals surface area contributed by atoms with Gasteiger partial charge in [-0.2, -0.15) is 0 Å². The molecule has 0 aliphatic rings. The van der Waals surface area contributed by atoms with E-state index in [4.69, 9.17) is 5.11 Å². The quantitative estimate of drug-likeness (QED) is 0.686. The highest BCUT2D eigenvalue weighted by atomic mass is 32.2. The van der Waals surface area contributed by atoms with Crippen LogP contribution in [0.1, 0.15) is 27.7 Å². The van der Waals surface area contributed by atoms with Gasteiger partial charge in [0.2, 0.25) is 10.0 Å². The average Bonchev–Trinajstić information content (AvgIpc) is 1.99. The van der Waals surface area contributed by atoms with Gasteiger partial charge in [-0.05, 0) is 19.8 Å². The number of sulfonamides is 1. The van der Waals surface area contributed by atoms with E-state index in [9.17, 15) is 8.42 Å². The normalized spacial score (nSPS) is 15.3. The maximum atomic E-state index is 11.4. The molecule has 0 heterocycles. The Morgan fingerprint density at radius 1 is 1.23 bits per heavy atom. The van der Waals surface area contributed by atoms with Gasteiger partial charge in [-0.3, -0.25) is 0 Å². The molecule has 80 valence electrons. The van der Waals surface area contributed by atoms with Crippen LogP contribution in [0.15, 0.2) is 0 Å². The first kappa shape index (κ1) is 12.9. The molecule has 0 spiro atoms. The van der Waals surface area contributed by atoms with Crippen molar-refractivity contribution in [2.75, 3.05) is 6.61 Å². The van der Waals surface area contributed by atoms with E-state index in [1.165, 1.54) is 0 Å². The van der Waals surface area contributed by atoms with E-state index in [1.54, 1.807) is 13.8 Å². The Balaban J connectivity index is 4.41. The third-order valence-corrected chi connectivity index (χ3v) is 3.81. The predicted molar refractivity (Wildman–Crippen MR) is 52.9 cm³/mol. The Morgan fingerprint density at radius 3 is 1.92 bits per heavy atom. The molecule has 0 saturated carbocycles. The highest BCUT2D eigenvalue weighted by molar-refractivity contribution is 7.90. The second-order valence-corrected chi connectivity index (χ2v) is 6.01. The number of aliphatic hydroxyl groups excluding tert-OH is 1. The van der Waals surface area contributed by atoms with Crippen molar-refractivity contribution in [1.82, 2.24) is 4.72 Å². The second kappa shape index (κ2) is 4.93. The number of nitrogens with one attached hydrogen (secondary N) is 1. The van der Waals surface area contributed by atoms with E-state index >= 15 is 0 Å². The van der Waals surface area contributed by atoms with Crippen LogP contribution in [0.25, 0.3) is 0 Å². The summed E-state index contributed by atoms with van der Waals surface area (Å²) < 4.78 is 25.2. The SMILES string of the molecule is CC(C)[C@@H](CO)NS(=O)(=O)C(C)C. The molecule has 4 nitrogen and oxygen atoms in total. The summed E-state index contributed by atoms with van der Waals surface area (Å²) in [5, 5.41) is 8.46. The summed E-state index contributed by atoms with van der Waals surface area (Å²) >= 11 is 0. The molecule has 2 N–H and O–H groups in total. The minimum atomic E-state index is -3.26. The van der Waals surface area contributed by atoms with Crippen molar-refractivity contribution < 1.29 is 13.5 Å². The summed E-state index contributed by atoms with van der Waals surface area (Å²) in [6.07, 6.45) is 0. The van der Waals surface area contributed by atoms with Gasteiger partial charge in [0.25, 0.3) is 0 Å². The van der Waals surface area contributed by atoms with E-state index in [2.05, 4.69) is 4.72 Å². The van der Waals surface area contributed by atoms with Crippen LogP contribution in [0.5, 0.6) is 0 Å². The van der Waals surface area contributed by atoms with E-state index in [0.29, 0.717) is 0 Å². The lowest BCUT2D eigenvalue weighted by molar-refractivity contribution is 0.227. The molecule has 0 aliphatic carbocycles. The van der Waals surface area contributed by atoms with Crippen molar-refractivity contribution in [3.05, 3.63) is 0 Å². The van der Waals surface area contributed by atoms with Gasteiger partial charge in [-0.25, -0.2) is 13.1 Å². The summed E-state index contributed by atoms with van der Waals surface area (Å²) in [7, 11) is -3.26. The van der Waals surface area contributed by atoms with Crippen molar-refractivity contribution in [2.24, 2.45) is 5.92 Å². The van der Waals surface area contributed by atoms with Gasteiger partial charge in [-0.1, -0.05) is 13.8 Å². The average molecular weight is 209 g/mol. The van der Waals surface area contributed by atoms with Crippen LogP contribution in [0.4, 0.5) is 0 Å². The van der Waals surface area contributed by atoms with Crippen LogP contribution in [-0.2, 0) is 10.0 Å². The van der Waals surface area contributed by atoms with Gasteiger partial charge in [0.1, 0.15) is 0 Å². The monoisotopic (exact) mass is 209 g/mol. The zero-order valence-corrected chi connectivity index (χ0v) is 9.43. The highest BCUT2D eigenvalue weighted by Crippen LogP contribution is 2.05. The standard InChI is InChI=1S/C8H19NO3S/c1-6(2)8(5-10)9-13(11,12)7(3)4/h6-10H,5H2,1-4H3/t8-/m1/s1. The summed E-state index contributed by atoms with van der Waals surface area (Å²) in [5.74, 6) is 0.0959. The Kier molecular flexibility index (Phi) is 4.88. The summed E-state index contributed by atoms with van der Waals surface area (Å²) in [4.78, 5) is 0. The van der Waals surface area contributed by atoms with E-state index in [-0.39, 0.29) is 18.6 Å². The fraction of sp³-hybridized carbons (Fsp3) is 1.00. The lowest BCUT2D eigenvalue weighted by atomic mass is 10.1. The lowest BCUT2D eigenvalue weighted by Gasteiger charge is -2.21. The predicted octanol–water partition coefficient (Wildman–Crippen LogP) is 0.331. The molecule has 0 aromatic rings. The van der Waals surface area contributed by atoms with Crippen molar-refractivity contribution in [1.29, 1.82) is 0 Å². The van der Waals surface area contributed by atoms with Gasteiger partial charge >= 0.3 is 0 Å². The third-order valence-electron chi connectivity index (χ3n) is 1.94. The van der Waals surface area contributed by atoms with Crippen molar-refractivity contribution in [2.45, 2.75) is 39.0 Å². The molecule has 0 radical (unpaired) electrons. The van der Waals surface area contributed by atoms with Gasteiger partial charge in [-0.15, -0.1) is 0 Å². The van der Waals surface area contributed by atoms with E-state index in [0.717, 1.165) is 0 Å². The third kappa shape index (κ3) is 4.06. The zero-order chi connectivity index (χ0) is 10.6. The molecule has 0 unspecified atom stereocenters. The summed E-state index contributed by atoms with van der Waals surface area (Å²) in [6, 6.07) is -0.382. The minimum Gasteiger partial charge on any atom is -0.395 e. The smallest absolute Gasteiger partial charge is 0.214 e. The maximum Gasteiger partial charge on any atom is 0.214 e. The van der Waals surface area contributed by atoms with Gasteiger partial charge in [0, 0.05) is 6.04 Å². The van der Waals surface area contributed by atoms with Crippen LogP contribution in [0.3, 0.4) is 0 Å². The van der Waals surface area contributed by atoms with E-state index in [1.807, 2.05) is 13.8 Å². The zero-order valence-electron chi connectivity index (χ0n) is 8.61. The van der Waals surface area contributed by atoms with Crippen molar-refractivity contribution in [3.63, 3.8) is 0 Å². The molecule has 0 bridgehead atoms. The molecule has 0 aromatic carbocycles. The molecule has 1 atom stereocenters. The largest absolute Gasteiger partial charge is 0.395 e. The Morgan fingerprint density at radius 2 is 1.69 bits per heavy atom. The number of hydrogen-bond acceptors (Lipinski definition) is 3. The van der Waals surface area contributed by atoms with Crippen molar-refractivity contribution >= 4 is 10.0 Å². The molecule has 0 rings (SSSR count). The Labute approximate surface area is 80.4 Å². The molecule has 0 aromatic heterocycles. The van der Waals surface area contributed by atoms with Crippen LogP contribution >= 0.6 is 0 Å². The topological polar surface area (TPSA) is 66.4 Å². The molecular formula is C8H19NO3S. The summed E-state index contributed by atoms with van der Waals surface area (Å²) in [5.41, 5.74) is 0. The second-order valence-electron chi connectivity index (χ2n) is 3.74. The molecule has 13 heavy (non-hydrogen) atoms. The first-order valence-corrected chi connectivity index (χ1v) is 5.98. The van der Waals surface area contributed by atoms with Gasteiger partial charge < -0.3 is 5.11 Å².